The lowest BCUT2D eigenvalue weighted by molar-refractivity contribution is -0.121. The van der Waals surface area contributed by atoms with Crippen LogP contribution in [0.15, 0.2) is 12.4 Å². The van der Waals surface area contributed by atoms with E-state index in [4.69, 9.17) is 0 Å². The van der Waals surface area contributed by atoms with Crippen LogP contribution in [0.4, 0.5) is 0 Å². The number of Topliss-reactive ketones (excluding diaryl/α,β-unsaturated/α-hetero) is 1. The van der Waals surface area contributed by atoms with E-state index in [1.165, 1.54) is 0 Å². The average Bonchev–Trinajstić information content (AvgIpc) is 2.73. The summed E-state index contributed by atoms with van der Waals surface area (Å²) in [7, 11) is 0. The van der Waals surface area contributed by atoms with Gasteiger partial charge < -0.3 is 9.87 Å². The van der Waals surface area contributed by atoms with Crippen LogP contribution in [0.2, 0.25) is 0 Å². The minimum absolute atomic E-state index is 0.0714. The number of piperidine rings is 1. The second-order valence-electron chi connectivity index (χ2n) is 4.88. The molecule has 0 radical (unpaired) electrons. The Kier molecular flexibility index (Phi) is 4.42. The maximum atomic E-state index is 11.6. The topological polar surface area (TPSA) is 70.0 Å². The minimum atomic E-state index is -0.804. The molecule has 0 spiro atoms. The van der Waals surface area contributed by atoms with Crippen molar-refractivity contribution in [3.05, 3.63) is 18.0 Å². The fourth-order valence-electron chi connectivity index (χ4n) is 2.23. The Morgan fingerprint density at radius 2 is 2.39 bits per heavy atom. The van der Waals surface area contributed by atoms with E-state index in [1.807, 2.05) is 13.1 Å². The number of nitrogens with zero attached hydrogens (tertiary/aromatic N) is 2. The molecule has 1 aromatic heterocycles. The van der Waals surface area contributed by atoms with Crippen molar-refractivity contribution < 1.29 is 9.35 Å². The molecule has 1 saturated heterocycles. The molecule has 100 valence electrons. The van der Waals surface area contributed by atoms with Crippen molar-refractivity contribution in [3.8, 4) is 0 Å². The normalized spacial score (nSPS) is 26.3. The summed E-state index contributed by atoms with van der Waals surface area (Å²) in [6.45, 7) is 2.67. The summed E-state index contributed by atoms with van der Waals surface area (Å²) in [5, 5.41) is 7.65. The van der Waals surface area contributed by atoms with Gasteiger partial charge in [-0.1, -0.05) is 11.2 Å². The molecule has 0 aromatic carbocycles. The maximum Gasteiger partial charge on any atom is 0.136 e. The van der Waals surface area contributed by atoms with Crippen LogP contribution in [0.3, 0.4) is 0 Å². The van der Waals surface area contributed by atoms with E-state index in [-0.39, 0.29) is 12.1 Å². The van der Waals surface area contributed by atoms with Crippen LogP contribution < -0.4 is 5.32 Å². The van der Waals surface area contributed by atoms with Gasteiger partial charge in [-0.25, -0.2) is 0 Å². The highest BCUT2D eigenvalue weighted by Gasteiger charge is 2.25. The van der Waals surface area contributed by atoms with E-state index in [1.54, 1.807) is 17.1 Å². The van der Waals surface area contributed by atoms with Gasteiger partial charge >= 0.3 is 0 Å². The molecule has 1 fully saturated rings. The Bertz CT molecular complexity index is 419. The quantitative estimate of drug-likeness (QED) is 0.815. The first-order valence-corrected chi connectivity index (χ1v) is 7.87. The number of carbonyl (C=O) groups excluding carboxylic acids is 1. The zero-order chi connectivity index (χ0) is 13.1. The molecule has 2 heterocycles. The first kappa shape index (κ1) is 13.6. The number of hydrogen-bond donors (Lipinski definition) is 1. The minimum Gasteiger partial charge on any atom is -0.617 e. The Morgan fingerprint density at radius 3 is 3.06 bits per heavy atom. The van der Waals surface area contributed by atoms with E-state index in [9.17, 15) is 9.35 Å². The van der Waals surface area contributed by atoms with Gasteiger partial charge in [0.05, 0.1) is 19.0 Å². The molecule has 1 aromatic rings. The fraction of sp³-hybridized carbons (Fsp3) is 0.667. The molecule has 0 amide bonds. The lowest BCUT2D eigenvalue weighted by Gasteiger charge is -2.27. The van der Waals surface area contributed by atoms with Crippen LogP contribution >= 0.6 is 0 Å². The Balaban J connectivity index is 1.98. The number of rotatable bonds is 4. The Hall–Kier alpha value is -0.850. The summed E-state index contributed by atoms with van der Waals surface area (Å²) in [5.74, 6) is 0.905. The monoisotopic (exact) mass is 269 g/mol. The van der Waals surface area contributed by atoms with E-state index in [0.717, 1.165) is 5.56 Å². The van der Waals surface area contributed by atoms with E-state index in [2.05, 4.69) is 10.4 Å². The molecule has 0 bridgehead atoms. The lowest BCUT2D eigenvalue weighted by atomic mass is 9.95. The van der Waals surface area contributed by atoms with Gasteiger partial charge in [0, 0.05) is 36.7 Å². The predicted molar refractivity (Wildman–Crippen MR) is 70.7 cm³/mol. The van der Waals surface area contributed by atoms with Gasteiger partial charge in [-0.15, -0.1) is 0 Å². The van der Waals surface area contributed by atoms with Crippen molar-refractivity contribution in [1.29, 1.82) is 0 Å². The molecule has 1 aliphatic rings. The van der Waals surface area contributed by atoms with Crippen LogP contribution in [0, 0.1) is 0 Å². The first-order valence-electron chi connectivity index (χ1n) is 6.14. The molecule has 1 aliphatic heterocycles. The van der Waals surface area contributed by atoms with Crippen LogP contribution in [0.1, 0.15) is 31.4 Å². The molecule has 1 N–H and O–H groups in total. The van der Waals surface area contributed by atoms with Crippen molar-refractivity contribution in [2.75, 3.05) is 12.0 Å². The molecule has 3 atom stereocenters. The summed E-state index contributed by atoms with van der Waals surface area (Å²) >= 11 is -0.804. The second kappa shape index (κ2) is 5.86. The van der Waals surface area contributed by atoms with E-state index >= 15 is 0 Å². The first-order chi connectivity index (χ1) is 8.54. The highest BCUT2D eigenvalue weighted by Crippen LogP contribution is 2.22. The third-order valence-corrected chi connectivity index (χ3v) is 3.87. The van der Waals surface area contributed by atoms with Crippen LogP contribution in [-0.2, 0) is 22.5 Å². The van der Waals surface area contributed by atoms with Crippen molar-refractivity contribution in [1.82, 2.24) is 15.1 Å². The largest absolute Gasteiger partial charge is 0.617 e. The molecule has 0 aliphatic carbocycles. The average molecular weight is 269 g/mol. The number of aryl methyl sites for hydroxylation is 1. The van der Waals surface area contributed by atoms with Gasteiger partial charge in [-0.05, 0) is 6.92 Å². The summed E-state index contributed by atoms with van der Waals surface area (Å²) in [4.78, 5) is 11.6. The number of carbonyl (C=O) groups is 1. The van der Waals surface area contributed by atoms with Gasteiger partial charge in [0.15, 0.2) is 0 Å². The van der Waals surface area contributed by atoms with Crippen molar-refractivity contribution in [3.63, 3.8) is 0 Å². The van der Waals surface area contributed by atoms with Gasteiger partial charge in [-0.3, -0.25) is 9.48 Å². The number of nitrogens with one attached hydrogen (secondary N) is 1. The predicted octanol–water partition coefficient (Wildman–Crippen LogP) is 0.644. The molecule has 3 unspecified atom stereocenters. The van der Waals surface area contributed by atoms with Crippen molar-refractivity contribution in [2.45, 2.75) is 38.4 Å². The van der Waals surface area contributed by atoms with Gasteiger partial charge in [0.2, 0.25) is 0 Å². The Labute approximate surface area is 110 Å². The highest BCUT2D eigenvalue weighted by molar-refractivity contribution is 7.90. The maximum absolute atomic E-state index is 11.6. The second-order valence-corrected chi connectivity index (χ2v) is 6.44. The van der Waals surface area contributed by atoms with Crippen molar-refractivity contribution in [2.24, 2.45) is 0 Å². The molecule has 5 nitrogen and oxygen atoms in total. The summed E-state index contributed by atoms with van der Waals surface area (Å²) in [6, 6.07) is 0.296. The number of ketones is 1. The number of aromatic nitrogens is 2. The van der Waals surface area contributed by atoms with E-state index < -0.39 is 11.2 Å². The lowest BCUT2D eigenvalue weighted by Crippen LogP contribution is -2.38. The standard InChI is InChI=1S/C12H19N3O2S/c1-9-5-11(16)6-12(14-9)10-7-13-15(8-10)3-4-18(2)17/h7-9,12,14H,3-6H2,1-2H3. The Morgan fingerprint density at radius 1 is 1.61 bits per heavy atom. The molecular weight excluding hydrogens is 250 g/mol. The SMILES string of the molecule is CC1CC(=O)CC(c2cnn(CC[S+](C)[O-])c2)N1. The zero-order valence-corrected chi connectivity index (χ0v) is 11.6. The van der Waals surface area contributed by atoms with Crippen LogP contribution in [0.5, 0.6) is 0 Å². The van der Waals surface area contributed by atoms with E-state index in [0.29, 0.717) is 30.9 Å². The molecule has 0 saturated carbocycles. The van der Waals surface area contributed by atoms with Gasteiger partial charge in [0.1, 0.15) is 11.5 Å². The fourth-order valence-corrected chi connectivity index (χ4v) is 2.68. The summed E-state index contributed by atoms with van der Waals surface area (Å²) in [6.07, 6.45) is 6.57. The van der Waals surface area contributed by atoms with Crippen LogP contribution in [-0.4, -0.2) is 38.2 Å². The highest BCUT2D eigenvalue weighted by atomic mass is 32.2. The molecule has 6 heteroatoms. The molecule has 18 heavy (non-hydrogen) atoms. The molecular formula is C12H19N3O2S. The van der Waals surface area contributed by atoms with Crippen LogP contribution in [0.25, 0.3) is 0 Å². The summed E-state index contributed by atoms with van der Waals surface area (Å²) in [5.41, 5.74) is 1.04. The third kappa shape index (κ3) is 3.57. The zero-order valence-electron chi connectivity index (χ0n) is 10.8. The van der Waals surface area contributed by atoms with Gasteiger partial charge in [0.25, 0.3) is 0 Å². The summed E-state index contributed by atoms with van der Waals surface area (Å²) < 4.78 is 12.8. The van der Waals surface area contributed by atoms with Crippen molar-refractivity contribution >= 4 is 17.0 Å². The smallest absolute Gasteiger partial charge is 0.136 e. The molecule has 2 rings (SSSR count). The third-order valence-electron chi connectivity index (χ3n) is 3.11. The number of hydrogen-bond acceptors (Lipinski definition) is 4. The van der Waals surface area contributed by atoms with Gasteiger partial charge in [-0.2, -0.15) is 5.10 Å².